The molecule has 0 spiro atoms. The van der Waals surface area contributed by atoms with E-state index < -0.39 is 11.6 Å². The predicted molar refractivity (Wildman–Crippen MR) is 90.0 cm³/mol. The van der Waals surface area contributed by atoms with Crippen LogP contribution in [0.5, 0.6) is 0 Å². The lowest BCUT2D eigenvalue weighted by Gasteiger charge is -2.09. The van der Waals surface area contributed by atoms with Gasteiger partial charge >= 0.3 is 0 Å². The van der Waals surface area contributed by atoms with Crippen molar-refractivity contribution < 1.29 is 8.78 Å². The number of nitriles is 1. The summed E-state index contributed by atoms with van der Waals surface area (Å²) in [5.41, 5.74) is 7.25. The van der Waals surface area contributed by atoms with Gasteiger partial charge in [0.05, 0.1) is 17.3 Å². The highest BCUT2D eigenvalue weighted by molar-refractivity contribution is 5.56. The first-order chi connectivity index (χ1) is 12.0. The standard InChI is InChI=1S/C18H13F2N5/c19-15-2-1-3-16(20)14(15)8-13-9-17(22)25-18(24-13)23-12-6-4-11(10-21)5-7-12/h1-7,9H,8H2,(H3,22,23,24,25). The van der Waals surface area contributed by atoms with E-state index in [0.717, 1.165) is 0 Å². The van der Waals surface area contributed by atoms with Crippen LogP contribution in [0, 0.1) is 23.0 Å². The number of hydrogen-bond donors (Lipinski definition) is 2. The van der Waals surface area contributed by atoms with Crippen molar-refractivity contribution in [1.29, 1.82) is 5.26 Å². The van der Waals surface area contributed by atoms with Crippen molar-refractivity contribution in [1.82, 2.24) is 9.97 Å². The summed E-state index contributed by atoms with van der Waals surface area (Å²) in [6.07, 6.45) is -0.0483. The first-order valence-electron chi connectivity index (χ1n) is 7.38. The number of halogens is 2. The van der Waals surface area contributed by atoms with E-state index in [2.05, 4.69) is 15.3 Å². The Morgan fingerprint density at radius 1 is 1.04 bits per heavy atom. The van der Waals surface area contributed by atoms with Crippen LogP contribution in [0.15, 0.2) is 48.5 Å². The molecule has 3 rings (SSSR count). The number of nitrogens with two attached hydrogens (primary N) is 1. The summed E-state index contributed by atoms with van der Waals surface area (Å²) in [7, 11) is 0. The number of nitrogens with zero attached hydrogens (tertiary/aromatic N) is 3. The third-order valence-electron chi connectivity index (χ3n) is 3.49. The van der Waals surface area contributed by atoms with Gasteiger partial charge < -0.3 is 11.1 Å². The van der Waals surface area contributed by atoms with Crippen LogP contribution in [0.25, 0.3) is 0 Å². The Morgan fingerprint density at radius 3 is 2.36 bits per heavy atom. The molecule has 0 saturated carbocycles. The fraction of sp³-hybridized carbons (Fsp3) is 0.0556. The van der Waals surface area contributed by atoms with Crippen LogP contribution < -0.4 is 11.1 Å². The van der Waals surface area contributed by atoms with Crippen molar-refractivity contribution in [2.75, 3.05) is 11.1 Å². The lowest BCUT2D eigenvalue weighted by Crippen LogP contribution is -2.05. The van der Waals surface area contributed by atoms with Crippen LogP contribution in [-0.2, 0) is 6.42 Å². The van der Waals surface area contributed by atoms with Crippen molar-refractivity contribution in [3.63, 3.8) is 0 Å². The summed E-state index contributed by atoms with van der Waals surface area (Å²) in [5, 5.41) is 11.8. The average molecular weight is 337 g/mol. The molecule has 0 unspecified atom stereocenters. The summed E-state index contributed by atoms with van der Waals surface area (Å²) >= 11 is 0. The van der Waals surface area contributed by atoms with Gasteiger partial charge in [-0.3, -0.25) is 0 Å². The van der Waals surface area contributed by atoms with E-state index in [9.17, 15) is 8.78 Å². The van der Waals surface area contributed by atoms with Crippen molar-refractivity contribution >= 4 is 17.5 Å². The van der Waals surface area contributed by atoms with E-state index in [1.165, 1.54) is 24.3 Å². The zero-order valence-electron chi connectivity index (χ0n) is 13.0. The zero-order chi connectivity index (χ0) is 17.8. The number of benzene rings is 2. The Bertz CT molecular complexity index is 928. The lowest BCUT2D eigenvalue weighted by molar-refractivity contribution is 0.560. The molecule has 0 fully saturated rings. The van der Waals surface area contributed by atoms with Gasteiger partial charge in [-0.05, 0) is 36.4 Å². The van der Waals surface area contributed by atoms with Crippen LogP contribution >= 0.6 is 0 Å². The molecule has 7 heteroatoms. The second-order valence-electron chi connectivity index (χ2n) is 5.30. The summed E-state index contributed by atoms with van der Waals surface area (Å²) in [6, 6.07) is 13.9. The molecule has 1 heterocycles. The van der Waals surface area contributed by atoms with Gasteiger partial charge in [-0.1, -0.05) is 6.07 Å². The molecule has 0 amide bonds. The van der Waals surface area contributed by atoms with E-state index in [1.54, 1.807) is 24.3 Å². The molecule has 1 aromatic heterocycles. The number of rotatable bonds is 4. The van der Waals surface area contributed by atoms with Crippen LogP contribution in [0.2, 0.25) is 0 Å². The minimum Gasteiger partial charge on any atom is -0.384 e. The van der Waals surface area contributed by atoms with Crippen molar-refractivity contribution in [2.24, 2.45) is 0 Å². The predicted octanol–water partition coefficient (Wildman–Crippen LogP) is 3.54. The molecule has 124 valence electrons. The van der Waals surface area contributed by atoms with Crippen molar-refractivity contribution in [3.05, 3.63) is 77.0 Å². The second kappa shape index (κ2) is 6.93. The first-order valence-corrected chi connectivity index (χ1v) is 7.38. The quantitative estimate of drug-likeness (QED) is 0.760. The Labute approximate surface area is 142 Å². The molecule has 25 heavy (non-hydrogen) atoms. The minimum atomic E-state index is -0.640. The maximum Gasteiger partial charge on any atom is 0.229 e. The molecule has 3 aromatic rings. The van der Waals surface area contributed by atoms with Crippen LogP contribution in [0.4, 0.5) is 26.2 Å². The van der Waals surface area contributed by atoms with Crippen LogP contribution in [0.3, 0.4) is 0 Å². The van der Waals surface area contributed by atoms with Gasteiger partial charge in [-0.25, -0.2) is 13.8 Å². The first kappa shape index (κ1) is 16.3. The summed E-state index contributed by atoms with van der Waals surface area (Å²) < 4.78 is 27.6. The molecule has 0 aliphatic carbocycles. The number of nitrogens with one attached hydrogen (secondary N) is 1. The molecular formula is C18H13F2N5. The Hall–Kier alpha value is -3.53. The van der Waals surface area contributed by atoms with E-state index in [4.69, 9.17) is 11.0 Å². The van der Waals surface area contributed by atoms with Crippen LogP contribution in [0.1, 0.15) is 16.8 Å². The molecule has 2 aromatic carbocycles. The largest absolute Gasteiger partial charge is 0.384 e. The summed E-state index contributed by atoms with van der Waals surface area (Å²) in [4.78, 5) is 8.31. The number of aromatic nitrogens is 2. The Morgan fingerprint density at radius 2 is 1.72 bits per heavy atom. The molecule has 0 bridgehead atoms. The highest BCUT2D eigenvalue weighted by Crippen LogP contribution is 2.19. The van der Waals surface area contributed by atoms with Gasteiger partial charge in [0.1, 0.15) is 17.5 Å². The molecule has 3 N–H and O–H groups in total. The Balaban J connectivity index is 1.86. The van der Waals surface area contributed by atoms with Gasteiger partial charge in [0, 0.05) is 23.7 Å². The average Bonchev–Trinajstić information content (AvgIpc) is 2.58. The van der Waals surface area contributed by atoms with Crippen molar-refractivity contribution in [2.45, 2.75) is 6.42 Å². The number of anilines is 3. The highest BCUT2D eigenvalue weighted by Gasteiger charge is 2.12. The van der Waals surface area contributed by atoms with Gasteiger partial charge in [-0.15, -0.1) is 0 Å². The van der Waals surface area contributed by atoms with Gasteiger partial charge in [0.25, 0.3) is 0 Å². The van der Waals surface area contributed by atoms with E-state index in [0.29, 0.717) is 16.9 Å². The fourth-order valence-corrected chi connectivity index (χ4v) is 2.30. The Kier molecular flexibility index (Phi) is 4.53. The normalized spacial score (nSPS) is 10.3. The van der Waals surface area contributed by atoms with E-state index in [-0.39, 0.29) is 23.8 Å². The SMILES string of the molecule is N#Cc1ccc(Nc2nc(N)cc(Cc3c(F)cccc3F)n2)cc1. The molecular weight excluding hydrogens is 324 g/mol. The zero-order valence-corrected chi connectivity index (χ0v) is 13.0. The van der Waals surface area contributed by atoms with Gasteiger partial charge in [0.15, 0.2) is 0 Å². The van der Waals surface area contributed by atoms with E-state index >= 15 is 0 Å². The van der Waals surface area contributed by atoms with Crippen molar-refractivity contribution in [3.8, 4) is 6.07 Å². The molecule has 0 atom stereocenters. The monoisotopic (exact) mass is 337 g/mol. The molecule has 0 saturated heterocycles. The maximum absolute atomic E-state index is 13.8. The second-order valence-corrected chi connectivity index (χ2v) is 5.30. The molecule has 5 nitrogen and oxygen atoms in total. The summed E-state index contributed by atoms with van der Waals surface area (Å²) in [6.45, 7) is 0. The maximum atomic E-state index is 13.8. The molecule has 0 aliphatic heterocycles. The topological polar surface area (TPSA) is 87.6 Å². The molecule has 0 aliphatic rings. The number of nitrogen functional groups attached to an aromatic ring is 1. The van der Waals surface area contributed by atoms with E-state index in [1.807, 2.05) is 6.07 Å². The minimum absolute atomic E-state index is 0.0483. The third kappa shape index (κ3) is 3.87. The number of hydrogen-bond acceptors (Lipinski definition) is 5. The fourth-order valence-electron chi connectivity index (χ4n) is 2.30. The third-order valence-corrected chi connectivity index (χ3v) is 3.49. The van der Waals surface area contributed by atoms with Gasteiger partial charge in [0.2, 0.25) is 5.95 Å². The lowest BCUT2D eigenvalue weighted by atomic mass is 10.1. The highest BCUT2D eigenvalue weighted by atomic mass is 19.1. The van der Waals surface area contributed by atoms with Gasteiger partial charge in [-0.2, -0.15) is 10.2 Å². The smallest absolute Gasteiger partial charge is 0.229 e. The summed E-state index contributed by atoms with van der Waals surface area (Å²) in [5.74, 6) is -0.896. The molecule has 0 radical (unpaired) electrons. The van der Waals surface area contributed by atoms with Crippen LogP contribution in [-0.4, -0.2) is 9.97 Å².